The van der Waals surface area contributed by atoms with Crippen molar-refractivity contribution < 1.29 is 19.1 Å². The molecule has 1 N–H and O–H groups in total. The van der Waals surface area contributed by atoms with Crippen LogP contribution in [0, 0.1) is 0 Å². The van der Waals surface area contributed by atoms with Crippen LogP contribution in [0.5, 0.6) is 0 Å². The van der Waals surface area contributed by atoms with E-state index in [1.54, 1.807) is 29.2 Å². The summed E-state index contributed by atoms with van der Waals surface area (Å²) < 4.78 is 5.78. The van der Waals surface area contributed by atoms with Crippen LogP contribution in [0.15, 0.2) is 64.3 Å². The number of rotatable bonds is 5. The predicted molar refractivity (Wildman–Crippen MR) is 123 cm³/mol. The summed E-state index contributed by atoms with van der Waals surface area (Å²) in [6.45, 7) is 2.08. The van der Waals surface area contributed by atoms with E-state index in [0.717, 1.165) is 37.7 Å². The molecule has 6 heteroatoms. The molecule has 3 aromatic rings. The first-order valence-corrected chi connectivity index (χ1v) is 11.4. The zero-order valence-corrected chi connectivity index (χ0v) is 18.6. The maximum absolute atomic E-state index is 13.6. The lowest BCUT2D eigenvalue weighted by molar-refractivity contribution is -0.131. The molecule has 5 nitrogen and oxygen atoms in total. The first-order valence-electron chi connectivity index (χ1n) is 11.1. The minimum atomic E-state index is -0.638. The van der Waals surface area contributed by atoms with Gasteiger partial charge in [-0.3, -0.25) is 9.59 Å². The third-order valence-electron chi connectivity index (χ3n) is 6.61. The molecular weight excluding hydrogens is 426 g/mol. The quantitative estimate of drug-likeness (QED) is 0.473. The van der Waals surface area contributed by atoms with Crippen molar-refractivity contribution in [2.45, 2.75) is 51.1 Å². The second kappa shape index (κ2) is 8.14. The molecule has 1 unspecified atom stereocenters. The molecule has 2 aromatic carbocycles. The lowest BCUT2D eigenvalue weighted by Crippen LogP contribution is -2.38. The van der Waals surface area contributed by atoms with Gasteiger partial charge in [-0.05, 0) is 54.7 Å². The van der Waals surface area contributed by atoms with Crippen molar-refractivity contribution in [1.29, 1.82) is 0 Å². The zero-order valence-electron chi connectivity index (χ0n) is 17.8. The minimum Gasteiger partial charge on any atom is -0.503 e. The number of hydrogen-bond acceptors (Lipinski definition) is 4. The number of carbonyl (C=O) groups excluding carboxylic acids is 2. The van der Waals surface area contributed by atoms with Gasteiger partial charge in [0.05, 0.1) is 11.6 Å². The van der Waals surface area contributed by atoms with E-state index in [1.165, 1.54) is 5.56 Å². The van der Waals surface area contributed by atoms with Gasteiger partial charge in [0, 0.05) is 16.5 Å². The van der Waals surface area contributed by atoms with Crippen LogP contribution in [-0.2, 0) is 11.2 Å². The Balaban J connectivity index is 1.60. The number of amides is 1. The number of Topliss-reactive ketones (excluding diaryl/α,β-unsaturated/α-hetero) is 1. The van der Waals surface area contributed by atoms with E-state index in [-0.39, 0.29) is 17.4 Å². The lowest BCUT2D eigenvalue weighted by atomic mass is 9.93. The van der Waals surface area contributed by atoms with Gasteiger partial charge in [0.1, 0.15) is 5.58 Å². The van der Waals surface area contributed by atoms with Crippen molar-refractivity contribution in [2.75, 3.05) is 0 Å². The third-order valence-corrected chi connectivity index (χ3v) is 6.85. The summed E-state index contributed by atoms with van der Waals surface area (Å²) in [5.41, 5.74) is 2.59. The Kier molecular flexibility index (Phi) is 5.30. The number of benzene rings is 2. The highest BCUT2D eigenvalue weighted by Crippen LogP contribution is 2.43. The van der Waals surface area contributed by atoms with E-state index >= 15 is 0 Å². The molecule has 5 rings (SSSR count). The summed E-state index contributed by atoms with van der Waals surface area (Å²) in [5, 5.41) is 12.1. The molecule has 1 fully saturated rings. The number of aryl methyl sites for hydroxylation is 1. The molecule has 0 radical (unpaired) electrons. The maximum Gasteiger partial charge on any atom is 0.290 e. The molecule has 1 amide bonds. The van der Waals surface area contributed by atoms with Gasteiger partial charge in [0.2, 0.25) is 5.78 Å². The first-order chi connectivity index (χ1) is 15.5. The Hall–Kier alpha value is -3.05. The van der Waals surface area contributed by atoms with Gasteiger partial charge in [-0.1, -0.05) is 55.6 Å². The predicted octanol–water partition coefficient (Wildman–Crippen LogP) is 6.17. The molecule has 164 valence electrons. The number of carbonyl (C=O) groups is 2. The van der Waals surface area contributed by atoms with Crippen LogP contribution in [0.4, 0.5) is 0 Å². The van der Waals surface area contributed by atoms with Crippen LogP contribution in [0.2, 0.25) is 5.02 Å². The SMILES string of the molecule is CCc1ccc(C2C(C(=O)c3cc4cc(Cl)ccc4o3)=C(O)C(=O)N2C2CCCC2)cc1. The Morgan fingerprint density at radius 3 is 2.53 bits per heavy atom. The van der Waals surface area contributed by atoms with E-state index in [4.69, 9.17) is 16.0 Å². The Morgan fingerprint density at radius 2 is 1.84 bits per heavy atom. The minimum absolute atomic E-state index is 0.000261. The Bertz CT molecular complexity index is 1230. The molecule has 1 saturated carbocycles. The fourth-order valence-electron chi connectivity index (χ4n) is 4.94. The summed E-state index contributed by atoms with van der Waals surface area (Å²) in [6.07, 6.45) is 4.69. The van der Waals surface area contributed by atoms with Gasteiger partial charge in [-0.15, -0.1) is 0 Å². The van der Waals surface area contributed by atoms with Crippen molar-refractivity contribution in [3.8, 4) is 0 Å². The molecule has 1 atom stereocenters. The van der Waals surface area contributed by atoms with Crippen molar-refractivity contribution in [2.24, 2.45) is 0 Å². The highest BCUT2D eigenvalue weighted by Gasteiger charge is 2.47. The molecule has 1 aliphatic heterocycles. The second-order valence-corrected chi connectivity index (χ2v) is 8.97. The monoisotopic (exact) mass is 449 g/mol. The van der Waals surface area contributed by atoms with Crippen molar-refractivity contribution in [3.05, 3.63) is 81.8 Å². The van der Waals surface area contributed by atoms with Crippen molar-refractivity contribution in [3.63, 3.8) is 0 Å². The van der Waals surface area contributed by atoms with Crippen LogP contribution in [-0.4, -0.2) is 27.7 Å². The molecule has 2 aliphatic rings. The molecule has 0 saturated heterocycles. The lowest BCUT2D eigenvalue weighted by Gasteiger charge is -2.32. The fraction of sp³-hybridized carbons (Fsp3) is 0.308. The van der Waals surface area contributed by atoms with E-state index in [2.05, 4.69) is 6.92 Å². The van der Waals surface area contributed by atoms with E-state index < -0.39 is 23.5 Å². The third kappa shape index (κ3) is 3.41. The van der Waals surface area contributed by atoms with Crippen LogP contribution in [0.1, 0.15) is 60.3 Å². The molecule has 2 heterocycles. The number of aliphatic hydroxyl groups is 1. The topological polar surface area (TPSA) is 70.7 Å². The maximum atomic E-state index is 13.6. The largest absolute Gasteiger partial charge is 0.503 e. The molecule has 0 bridgehead atoms. The number of aliphatic hydroxyl groups excluding tert-OH is 1. The van der Waals surface area contributed by atoms with Crippen molar-refractivity contribution in [1.82, 2.24) is 4.90 Å². The highest BCUT2D eigenvalue weighted by atomic mass is 35.5. The number of hydrogen-bond donors (Lipinski definition) is 1. The Morgan fingerprint density at radius 1 is 1.12 bits per heavy atom. The summed E-state index contributed by atoms with van der Waals surface area (Å²) in [5.74, 6) is -1.36. The summed E-state index contributed by atoms with van der Waals surface area (Å²) in [4.78, 5) is 28.5. The van der Waals surface area contributed by atoms with Crippen LogP contribution >= 0.6 is 11.6 Å². The normalized spacial score (nSPS) is 19.5. The molecule has 0 spiro atoms. The van der Waals surface area contributed by atoms with E-state index in [1.807, 2.05) is 24.3 Å². The summed E-state index contributed by atoms with van der Waals surface area (Å²) >= 11 is 6.07. The van der Waals surface area contributed by atoms with Gasteiger partial charge in [0.15, 0.2) is 11.5 Å². The standard InChI is InChI=1S/C26H24ClNO4/c1-2-15-7-9-16(10-8-15)23-22(25(30)26(31)28(23)19-5-3-4-6-19)24(29)21-14-17-13-18(27)11-12-20(17)32-21/h7-14,19,23,30H,2-6H2,1H3. The average Bonchev–Trinajstić information content (AvgIpc) is 3.52. The number of nitrogens with zero attached hydrogens (tertiary/aromatic N) is 1. The van der Waals surface area contributed by atoms with E-state index in [9.17, 15) is 14.7 Å². The summed E-state index contributed by atoms with van der Waals surface area (Å²) in [7, 11) is 0. The number of furan rings is 1. The van der Waals surface area contributed by atoms with Gasteiger partial charge in [0.25, 0.3) is 5.91 Å². The zero-order chi connectivity index (χ0) is 22.4. The van der Waals surface area contributed by atoms with Gasteiger partial charge >= 0.3 is 0 Å². The van der Waals surface area contributed by atoms with Gasteiger partial charge in [-0.25, -0.2) is 0 Å². The number of halogens is 1. The fourth-order valence-corrected chi connectivity index (χ4v) is 5.12. The van der Waals surface area contributed by atoms with Crippen LogP contribution < -0.4 is 0 Å². The van der Waals surface area contributed by atoms with E-state index in [0.29, 0.717) is 16.0 Å². The van der Waals surface area contributed by atoms with Gasteiger partial charge in [-0.2, -0.15) is 0 Å². The Labute approximate surface area is 191 Å². The van der Waals surface area contributed by atoms with Crippen LogP contribution in [0.3, 0.4) is 0 Å². The summed E-state index contributed by atoms with van der Waals surface area (Å²) in [6, 6.07) is 14.0. The molecule has 32 heavy (non-hydrogen) atoms. The van der Waals surface area contributed by atoms with Crippen molar-refractivity contribution >= 4 is 34.3 Å². The first kappa shape index (κ1) is 20.8. The van der Waals surface area contributed by atoms with Gasteiger partial charge < -0.3 is 14.4 Å². The van der Waals surface area contributed by atoms with Crippen LogP contribution in [0.25, 0.3) is 11.0 Å². The molecule has 1 aromatic heterocycles. The highest BCUT2D eigenvalue weighted by molar-refractivity contribution is 6.31. The molecular formula is C26H24ClNO4. The number of ketones is 1. The smallest absolute Gasteiger partial charge is 0.290 e. The second-order valence-electron chi connectivity index (χ2n) is 8.53. The number of fused-ring (bicyclic) bond motifs is 1. The average molecular weight is 450 g/mol. The molecule has 1 aliphatic carbocycles.